The first-order chi connectivity index (χ1) is 13.8. The van der Waals surface area contributed by atoms with Gasteiger partial charge in [-0.15, -0.1) is 0 Å². The highest BCUT2D eigenvalue weighted by Crippen LogP contribution is 2.14. The van der Waals surface area contributed by atoms with Crippen LogP contribution in [0.4, 0.5) is 0 Å². The number of carbonyl (C=O) groups excluding carboxylic acids is 1. The number of amides is 1. The molecule has 29 heavy (non-hydrogen) atoms. The van der Waals surface area contributed by atoms with Crippen molar-refractivity contribution in [2.24, 2.45) is 0 Å². The van der Waals surface area contributed by atoms with Gasteiger partial charge in [0.05, 0.1) is 13.2 Å². The molecule has 0 saturated carbocycles. The molecule has 0 radical (unpaired) electrons. The van der Waals surface area contributed by atoms with Crippen LogP contribution in [0, 0.1) is 0 Å². The number of benzene rings is 1. The predicted molar refractivity (Wildman–Crippen MR) is 109 cm³/mol. The summed E-state index contributed by atoms with van der Waals surface area (Å²) in [6, 6.07) is 7.03. The molecule has 0 aliphatic rings. The summed E-state index contributed by atoms with van der Waals surface area (Å²) in [7, 11) is 3.03. The molecule has 1 N–H and O–H groups in total. The molecule has 0 unspecified atom stereocenters. The van der Waals surface area contributed by atoms with E-state index in [4.69, 9.17) is 16.3 Å². The van der Waals surface area contributed by atoms with Gasteiger partial charge in [0.15, 0.2) is 11.3 Å². The topological polar surface area (TPSA) is 93.2 Å². The largest absolute Gasteiger partial charge is 0.503 e. The van der Waals surface area contributed by atoms with E-state index in [-0.39, 0.29) is 24.2 Å². The SMILES string of the molecule is COCCN(C)C(=O)c1cn2ccn(Cc3cccc(Cl)c3)c(=O)c2c(O)c1=O. The Kier molecular flexibility index (Phi) is 6.05. The molecule has 0 fully saturated rings. The Morgan fingerprint density at radius 2 is 2.03 bits per heavy atom. The average molecular weight is 418 g/mol. The van der Waals surface area contributed by atoms with Gasteiger partial charge in [-0.05, 0) is 17.7 Å². The van der Waals surface area contributed by atoms with Gasteiger partial charge in [-0.1, -0.05) is 23.7 Å². The number of methoxy groups -OCH3 is 1. The Balaban J connectivity index is 2.05. The van der Waals surface area contributed by atoms with Gasteiger partial charge in [-0.3, -0.25) is 14.4 Å². The summed E-state index contributed by atoms with van der Waals surface area (Å²) in [6.07, 6.45) is 4.28. The summed E-state index contributed by atoms with van der Waals surface area (Å²) in [6.45, 7) is 0.792. The molecule has 0 spiro atoms. The molecule has 0 atom stereocenters. The smallest absolute Gasteiger partial charge is 0.279 e. The van der Waals surface area contributed by atoms with Gasteiger partial charge in [-0.25, -0.2) is 0 Å². The van der Waals surface area contributed by atoms with Crippen LogP contribution in [0.15, 0.2) is 52.4 Å². The number of pyridine rings is 1. The van der Waals surface area contributed by atoms with Crippen molar-refractivity contribution >= 4 is 23.0 Å². The lowest BCUT2D eigenvalue weighted by Crippen LogP contribution is -2.34. The molecular formula is C20H20ClN3O5. The van der Waals surface area contributed by atoms with E-state index in [0.29, 0.717) is 11.6 Å². The van der Waals surface area contributed by atoms with Crippen LogP contribution in [0.25, 0.3) is 5.52 Å². The quantitative estimate of drug-likeness (QED) is 0.657. The molecule has 2 aromatic heterocycles. The van der Waals surface area contributed by atoms with Crippen molar-refractivity contribution < 1.29 is 14.6 Å². The normalized spacial score (nSPS) is 11.0. The number of ether oxygens (including phenoxy) is 1. The molecular weight excluding hydrogens is 398 g/mol. The van der Waals surface area contributed by atoms with Crippen LogP contribution in [0.2, 0.25) is 5.02 Å². The van der Waals surface area contributed by atoms with Crippen LogP contribution in [0.1, 0.15) is 15.9 Å². The van der Waals surface area contributed by atoms with Gasteiger partial charge in [0.2, 0.25) is 5.43 Å². The highest BCUT2D eigenvalue weighted by atomic mass is 35.5. The van der Waals surface area contributed by atoms with Gasteiger partial charge in [0.1, 0.15) is 5.56 Å². The van der Waals surface area contributed by atoms with E-state index in [1.807, 2.05) is 6.07 Å². The third kappa shape index (κ3) is 4.18. The van der Waals surface area contributed by atoms with Crippen LogP contribution in [0.3, 0.4) is 0 Å². The second-order valence-electron chi connectivity index (χ2n) is 6.56. The second-order valence-corrected chi connectivity index (χ2v) is 6.99. The highest BCUT2D eigenvalue weighted by Gasteiger charge is 2.21. The lowest BCUT2D eigenvalue weighted by Gasteiger charge is -2.17. The first-order valence-electron chi connectivity index (χ1n) is 8.79. The van der Waals surface area contributed by atoms with Gasteiger partial charge in [-0.2, -0.15) is 0 Å². The van der Waals surface area contributed by atoms with Crippen molar-refractivity contribution in [1.29, 1.82) is 0 Å². The zero-order valence-corrected chi connectivity index (χ0v) is 16.7. The van der Waals surface area contributed by atoms with E-state index >= 15 is 0 Å². The first-order valence-corrected chi connectivity index (χ1v) is 9.17. The standard InChI is InChI=1S/C20H20ClN3O5/c1-22(8-9-29-2)19(27)15-12-23-6-7-24(11-13-4-3-5-14(21)10-13)20(28)16(23)18(26)17(15)25/h3-7,10,12,26H,8-9,11H2,1-2H3. The number of halogens is 1. The minimum absolute atomic E-state index is 0.198. The number of carbonyl (C=O) groups is 1. The molecule has 1 aromatic carbocycles. The van der Waals surface area contributed by atoms with E-state index in [0.717, 1.165) is 5.56 Å². The van der Waals surface area contributed by atoms with Crippen LogP contribution in [0.5, 0.6) is 5.75 Å². The number of rotatable bonds is 6. The minimum atomic E-state index is -0.892. The number of hydrogen-bond donors (Lipinski definition) is 1. The molecule has 0 saturated heterocycles. The lowest BCUT2D eigenvalue weighted by molar-refractivity contribution is 0.0742. The molecule has 8 nitrogen and oxygen atoms in total. The fourth-order valence-electron chi connectivity index (χ4n) is 2.95. The van der Waals surface area contributed by atoms with Crippen molar-refractivity contribution in [3.05, 3.63) is 79.6 Å². The van der Waals surface area contributed by atoms with Gasteiger partial charge in [0.25, 0.3) is 11.5 Å². The van der Waals surface area contributed by atoms with E-state index in [1.54, 1.807) is 18.2 Å². The first kappa shape index (κ1) is 20.6. The third-order valence-corrected chi connectivity index (χ3v) is 4.77. The summed E-state index contributed by atoms with van der Waals surface area (Å²) in [5, 5.41) is 10.9. The van der Waals surface area contributed by atoms with Crippen molar-refractivity contribution in [2.45, 2.75) is 6.54 Å². The predicted octanol–water partition coefficient (Wildman–Crippen LogP) is 1.59. The molecule has 0 aliphatic heterocycles. The summed E-state index contributed by atoms with van der Waals surface area (Å²) in [4.78, 5) is 39.3. The summed E-state index contributed by atoms with van der Waals surface area (Å²) in [5.41, 5.74) is -1.09. The van der Waals surface area contributed by atoms with Crippen molar-refractivity contribution in [1.82, 2.24) is 13.9 Å². The molecule has 1 amide bonds. The number of hydrogen-bond acceptors (Lipinski definition) is 5. The maximum atomic E-state index is 12.8. The number of aromatic hydroxyl groups is 1. The second kappa shape index (κ2) is 8.50. The van der Waals surface area contributed by atoms with E-state index in [2.05, 4.69) is 0 Å². The summed E-state index contributed by atoms with van der Waals surface area (Å²) < 4.78 is 7.57. The zero-order valence-electron chi connectivity index (χ0n) is 16.0. The molecule has 9 heteroatoms. The molecule has 3 rings (SSSR count). The number of likely N-dealkylation sites (N-methyl/N-ethyl adjacent to an activating group) is 1. The van der Waals surface area contributed by atoms with E-state index in [1.165, 1.54) is 46.6 Å². The number of fused-ring (bicyclic) bond motifs is 1. The van der Waals surface area contributed by atoms with Gasteiger partial charge in [0, 0.05) is 44.3 Å². The molecule has 0 aliphatic carbocycles. The molecule has 0 bridgehead atoms. The van der Waals surface area contributed by atoms with Crippen molar-refractivity contribution in [3.8, 4) is 5.75 Å². The fourth-order valence-corrected chi connectivity index (χ4v) is 3.16. The monoisotopic (exact) mass is 417 g/mol. The summed E-state index contributed by atoms with van der Waals surface area (Å²) in [5.74, 6) is -1.33. The molecule has 2 heterocycles. The maximum absolute atomic E-state index is 12.8. The number of nitrogens with zero attached hydrogens (tertiary/aromatic N) is 3. The van der Waals surface area contributed by atoms with Crippen LogP contribution >= 0.6 is 11.6 Å². The molecule has 3 aromatic rings. The Labute approximate surface area is 171 Å². The average Bonchev–Trinajstić information content (AvgIpc) is 2.70. The van der Waals surface area contributed by atoms with Crippen LogP contribution in [-0.4, -0.2) is 52.2 Å². The number of aromatic nitrogens is 2. The van der Waals surface area contributed by atoms with E-state index in [9.17, 15) is 19.5 Å². The van der Waals surface area contributed by atoms with Crippen molar-refractivity contribution in [2.75, 3.05) is 27.3 Å². The fraction of sp³-hybridized carbons (Fsp3) is 0.250. The maximum Gasteiger partial charge on any atom is 0.279 e. The Bertz CT molecular complexity index is 1180. The van der Waals surface area contributed by atoms with Crippen LogP contribution in [-0.2, 0) is 11.3 Å². The highest BCUT2D eigenvalue weighted by molar-refractivity contribution is 6.30. The molecule has 152 valence electrons. The lowest BCUT2D eigenvalue weighted by atomic mass is 10.2. The Hall–Kier alpha value is -3.10. The van der Waals surface area contributed by atoms with Crippen LogP contribution < -0.4 is 11.0 Å². The third-order valence-electron chi connectivity index (χ3n) is 4.53. The minimum Gasteiger partial charge on any atom is -0.503 e. The zero-order chi connectivity index (χ0) is 21.1. The van der Waals surface area contributed by atoms with Crippen molar-refractivity contribution in [3.63, 3.8) is 0 Å². The summed E-state index contributed by atoms with van der Waals surface area (Å²) >= 11 is 5.98. The van der Waals surface area contributed by atoms with Gasteiger partial charge >= 0.3 is 0 Å². The van der Waals surface area contributed by atoms with Gasteiger partial charge < -0.3 is 23.7 Å². The Morgan fingerprint density at radius 1 is 1.28 bits per heavy atom. The Morgan fingerprint density at radius 3 is 2.72 bits per heavy atom. The van der Waals surface area contributed by atoms with E-state index < -0.39 is 22.6 Å².